The van der Waals surface area contributed by atoms with Gasteiger partial charge in [0.05, 0.1) is 12.2 Å². The minimum atomic E-state index is -0.0424. The average Bonchev–Trinajstić information content (AvgIpc) is 2.20. The lowest BCUT2D eigenvalue weighted by Crippen LogP contribution is -2.29. The highest BCUT2D eigenvalue weighted by Crippen LogP contribution is 2.23. The first-order chi connectivity index (χ1) is 7.77. The maximum absolute atomic E-state index is 5.83. The third kappa shape index (κ3) is 12.2. The Morgan fingerprint density at radius 1 is 0.882 bits per heavy atom. The Labute approximate surface area is 108 Å². The van der Waals surface area contributed by atoms with Crippen LogP contribution in [0, 0.1) is 5.41 Å². The summed E-state index contributed by atoms with van der Waals surface area (Å²) in [6.45, 7) is 15.6. The van der Waals surface area contributed by atoms with Crippen molar-refractivity contribution in [3.05, 3.63) is 0 Å². The van der Waals surface area contributed by atoms with Gasteiger partial charge in [-0.3, -0.25) is 0 Å². The van der Waals surface area contributed by atoms with Crippen molar-refractivity contribution in [2.75, 3.05) is 19.8 Å². The van der Waals surface area contributed by atoms with E-state index >= 15 is 0 Å². The van der Waals surface area contributed by atoms with Crippen molar-refractivity contribution in [3.8, 4) is 0 Å². The molecule has 0 saturated carbocycles. The largest absolute Gasteiger partial charge is 0.381 e. The van der Waals surface area contributed by atoms with Gasteiger partial charge < -0.3 is 9.47 Å². The Morgan fingerprint density at radius 2 is 1.53 bits per heavy atom. The second-order valence-electron chi connectivity index (χ2n) is 6.63. The summed E-state index contributed by atoms with van der Waals surface area (Å²) in [5, 5.41) is 0. The Balaban J connectivity index is 3.57. The first kappa shape index (κ1) is 16.9. The summed E-state index contributed by atoms with van der Waals surface area (Å²) in [4.78, 5) is 0. The Morgan fingerprint density at radius 3 is 2.06 bits per heavy atom. The lowest BCUT2D eigenvalue weighted by molar-refractivity contribution is -0.0509. The van der Waals surface area contributed by atoms with E-state index in [-0.39, 0.29) is 11.0 Å². The normalized spacial score (nSPS) is 13.1. The third-order valence-electron chi connectivity index (χ3n) is 2.71. The SMILES string of the molecule is CCCCCOCCC(C)(C)COC(C)(C)C. The van der Waals surface area contributed by atoms with E-state index in [0.717, 1.165) is 26.2 Å². The molecule has 0 radical (unpaired) electrons. The van der Waals surface area contributed by atoms with Gasteiger partial charge in [-0.05, 0) is 39.0 Å². The molecule has 2 heteroatoms. The van der Waals surface area contributed by atoms with E-state index in [2.05, 4.69) is 41.5 Å². The maximum atomic E-state index is 5.83. The molecule has 0 amide bonds. The van der Waals surface area contributed by atoms with Gasteiger partial charge in [0.1, 0.15) is 0 Å². The second-order valence-corrected chi connectivity index (χ2v) is 6.63. The van der Waals surface area contributed by atoms with Gasteiger partial charge in [-0.15, -0.1) is 0 Å². The van der Waals surface area contributed by atoms with Gasteiger partial charge in [-0.2, -0.15) is 0 Å². The molecule has 0 rings (SSSR count). The van der Waals surface area contributed by atoms with E-state index in [9.17, 15) is 0 Å². The zero-order valence-electron chi connectivity index (χ0n) is 12.8. The highest BCUT2D eigenvalue weighted by molar-refractivity contribution is 4.70. The number of rotatable bonds is 9. The fraction of sp³-hybridized carbons (Fsp3) is 1.00. The fourth-order valence-electron chi connectivity index (χ4n) is 1.39. The van der Waals surface area contributed by atoms with E-state index in [4.69, 9.17) is 9.47 Å². The molecule has 0 N–H and O–H groups in total. The standard InChI is InChI=1S/C15H32O2/c1-7-8-9-11-16-12-10-15(5,6)13-17-14(2,3)4/h7-13H2,1-6H3. The summed E-state index contributed by atoms with van der Waals surface area (Å²) in [5.74, 6) is 0. The molecule has 0 aromatic carbocycles. The van der Waals surface area contributed by atoms with Gasteiger partial charge in [-0.1, -0.05) is 33.6 Å². The van der Waals surface area contributed by atoms with Crippen LogP contribution in [-0.4, -0.2) is 25.4 Å². The van der Waals surface area contributed by atoms with Crippen LogP contribution in [0.5, 0.6) is 0 Å². The van der Waals surface area contributed by atoms with E-state index in [1.165, 1.54) is 19.3 Å². The monoisotopic (exact) mass is 244 g/mol. The molecule has 0 spiro atoms. The quantitative estimate of drug-likeness (QED) is 0.559. The topological polar surface area (TPSA) is 18.5 Å². The van der Waals surface area contributed by atoms with Crippen LogP contribution in [0.4, 0.5) is 0 Å². The zero-order valence-corrected chi connectivity index (χ0v) is 12.8. The summed E-state index contributed by atoms with van der Waals surface area (Å²) in [7, 11) is 0. The van der Waals surface area contributed by atoms with Gasteiger partial charge in [0.25, 0.3) is 0 Å². The molecule has 17 heavy (non-hydrogen) atoms. The Bertz CT molecular complexity index is 180. The number of hydrogen-bond acceptors (Lipinski definition) is 2. The van der Waals surface area contributed by atoms with Crippen molar-refractivity contribution >= 4 is 0 Å². The number of unbranched alkanes of at least 4 members (excludes halogenated alkanes) is 2. The molecule has 0 aliphatic carbocycles. The molecule has 0 saturated heterocycles. The van der Waals surface area contributed by atoms with Crippen molar-refractivity contribution in [3.63, 3.8) is 0 Å². The molecule has 0 heterocycles. The highest BCUT2D eigenvalue weighted by atomic mass is 16.5. The predicted octanol–water partition coefficient (Wildman–Crippen LogP) is 4.42. The van der Waals surface area contributed by atoms with Crippen molar-refractivity contribution in [1.82, 2.24) is 0 Å². The fourth-order valence-corrected chi connectivity index (χ4v) is 1.39. The smallest absolute Gasteiger partial charge is 0.0598 e. The second kappa shape index (κ2) is 8.10. The minimum Gasteiger partial charge on any atom is -0.381 e. The van der Waals surface area contributed by atoms with E-state index < -0.39 is 0 Å². The van der Waals surface area contributed by atoms with Crippen LogP contribution in [0.25, 0.3) is 0 Å². The van der Waals surface area contributed by atoms with Crippen molar-refractivity contribution in [2.24, 2.45) is 5.41 Å². The molecular weight excluding hydrogens is 212 g/mol. The van der Waals surface area contributed by atoms with Gasteiger partial charge in [0, 0.05) is 13.2 Å². The number of ether oxygens (including phenoxy) is 2. The molecule has 0 aromatic heterocycles. The van der Waals surface area contributed by atoms with Crippen LogP contribution in [0.3, 0.4) is 0 Å². The molecule has 0 bridgehead atoms. The van der Waals surface area contributed by atoms with Gasteiger partial charge in [0.2, 0.25) is 0 Å². The third-order valence-corrected chi connectivity index (χ3v) is 2.71. The van der Waals surface area contributed by atoms with Gasteiger partial charge in [0.15, 0.2) is 0 Å². The van der Waals surface area contributed by atoms with Crippen LogP contribution < -0.4 is 0 Å². The number of hydrogen-bond donors (Lipinski definition) is 0. The van der Waals surface area contributed by atoms with Crippen LogP contribution >= 0.6 is 0 Å². The summed E-state index contributed by atoms with van der Waals surface area (Å²) < 4.78 is 11.5. The molecule has 2 nitrogen and oxygen atoms in total. The van der Waals surface area contributed by atoms with E-state index in [0.29, 0.717) is 0 Å². The first-order valence-electron chi connectivity index (χ1n) is 6.98. The Hall–Kier alpha value is -0.0800. The van der Waals surface area contributed by atoms with Crippen molar-refractivity contribution < 1.29 is 9.47 Å². The first-order valence-corrected chi connectivity index (χ1v) is 6.98. The molecule has 0 aromatic rings. The lowest BCUT2D eigenvalue weighted by Gasteiger charge is -2.29. The maximum Gasteiger partial charge on any atom is 0.0598 e. The molecule has 0 atom stereocenters. The van der Waals surface area contributed by atoms with Crippen LogP contribution in [0.15, 0.2) is 0 Å². The van der Waals surface area contributed by atoms with E-state index in [1.807, 2.05) is 0 Å². The summed E-state index contributed by atoms with van der Waals surface area (Å²) in [5.41, 5.74) is 0.164. The van der Waals surface area contributed by atoms with Crippen molar-refractivity contribution in [2.45, 2.75) is 72.8 Å². The molecule has 0 unspecified atom stereocenters. The molecule has 0 aliphatic rings. The summed E-state index contributed by atoms with van der Waals surface area (Å²) in [6, 6.07) is 0. The lowest BCUT2D eigenvalue weighted by atomic mass is 9.90. The minimum absolute atomic E-state index is 0.0424. The van der Waals surface area contributed by atoms with Crippen LogP contribution in [0.1, 0.15) is 67.2 Å². The molecule has 104 valence electrons. The summed E-state index contributed by atoms with van der Waals surface area (Å²) in [6.07, 6.45) is 4.79. The zero-order chi connectivity index (χ0) is 13.4. The van der Waals surface area contributed by atoms with Crippen LogP contribution in [0.2, 0.25) is 0 Å². The highest BCUT2D eigenvalue weighted by Gasteiger charge is 2.21. The summed E-state index contributed by atoms with van der Waals surface area (Å²) >= 11 is 0. The Kier molecular flexibility index (Phi) is 8.06. The molecule has 0 aliphatic heterocycles. The van der Waals surface area contributed by atoms with E-state index in [1.54, 1.807) is 0 Å². The van der Waals surface area contributed by atoms with Gasteiger partial charge >= 0.3 is 0 Å². The molecular formula is C15H32O2. The predicted molar refractivity (Wildman–Crippen MR) is 74.4 cm³/mol. The average molecular weight is 244 g/mol. The molecule has 0 fully saturated rings. The van der Waals surface area contributed by atoms with Crippen LogP contribution in [-0.2, 0) is 9.47 Å². The van der Waals surface area contributed by atoms with Gasteiger partial charge in [-0.25, -0.2) is 0 Å². The van der Waals surface area contributed by atoms with Crippen molar-refractivity contribution in [1.29, 1.82) is 0 Å².